The molecule has 6 nitrogen and oxygen atoms in total. The number of hydrogen-bond donors (Lipinski definition) is 1. The van der Waals surface area contributed by atoms with Gasteiger partial charge in [-0.05, 0) is 24.3 Å². The molecule has 2 fully saturated rings. The number of nitrogens with one attached hydrogen (secondary N) is 1. The van der Waals surface area contributed by atoms with Crippen LogP contribution in [0.25, 0.3) is 0 Å². The third kappa shape index (κ3) is 2.63. The molecule has 2 aromatic heterocycles. The van der Waals surface area contributed by atoms with Gasteiger partial charge in [0.05, 0.1) is 6.20 Å². The summed E-state index contributed by atoms with van der Waals surface area (Å²) in [6.45, 7) is 5.55. The summed E-state index contributed by atoms with van der Waals surface area (Å²) in [4.78, 5) is 13.5. The fourth-order valence-corrected chi connectivity index (χ4v) is 3.67. The number of rotatable bonds is 3. The molecule has 0 radical (unpaired) electrons. The van der Waals surface area contributed by atoms with Crippen LogP contribution in [0.4, 0.5) is 5.82 Å². The Kier molecular flexibility index (Phi) is 3.31. The monoisotopic (exact) mass is 284 g/mol. The number of hydrogen-bond acceptors (Lipinski definition) is 5. The van der Waals surface area contributed by atoms with Gasteiger partial charge in [0.2, 0.25) is 0 Å². The van der Waals surface area contributed by atoms with Crippen molar-refractivity contribution in [3.63, 3.8) is 0 Å². The maximum Gasteiger partial charge on any atom is 0.147 e. The largest absolute Gasteiger partial charge is 0.355 e. The Bertz CT molecular complexity index is 569. The first-order valence-corrected chi connectivity index (χ1v) is 7.60. The molecule has 1 N–H and O–H groups in total. The van der Waals surface area contributed by atoms with Crippen molar-refractivity contribution in [2.75, 3.05) is 31.1 Å². The molecule has 0 unspecified atom stereocenters. The standard InChI is InChI=1S/C15H20N6/c1-3-18-19-14(1)11-20-8-12-2-6-21(10-13(12)9-20)15-7-16-4-5-17-15/h1,3-5,7,12-13H,2,6,8-11H2,(H,18,19)/t12-,13-/m1/s1. The Labute approximate surface area is 124 Å². The number of aromatic amines is 1. The van der Waals surface area contributed by atoms with Gasteiger partial charge in [-0.2, -0.15) is 5.10 Å². The molecule has 2 aliphatic heterocycles. The van der Waals surface area contributed by atoms with Crippen LogP contribution in [0.2, 0.25) is 0 Å². The summed E-state index contributed by atoms with van der Waals surface area (Å²) >= 11 is 0. The Morgan fingerprint density at radius 3 is 2.90 bits per heavy atom. The van der Waals surface area contributed by atoms with Crippen molar-refractivity contribution in [2.45, 2.75) is 13.0 Å². The number of likely N-dealkylation sites (tertiary alicyclic amines) is 1. The number of nitrogens with zero attached hydrogens (tertiary/aromatic N) is 5. The lowest BCUT2D eigenvalue weighted by Gasteiger charge is -2.34. The first-order valence-electron chi connectivity index (χ1n) is 7.60. The maximum atomic E-state index is 4.43. The van der Waals surface area contributed by atoms with E-state index in [0.717, 1.165) is 37.3 Å². The van der Waals surface area contributed by atoms with Crippen LogP contribution in [-0.4, -0.2) is 51.2 Å². The quantitative estimate of drug-likeness (QED) is 0.916. The van der Waals surface area contributed by atoms with Gasteiger partial charge in [-0.15, -0.1) is 0 Å². The minimum Gasteiger partial charge on any atom is -0.355 e. The summed E-state index contributed by atoms with van der Waals surface area (Å²) < 4.78 is 0. The number of fused-ring (bicyclic) bond motifs is 1. The van der Waals surface area contributed by atoms with Crippen molar-refractivity contribution >= 4 is 5.82 Å². The van der Waals surface area contributed by atoms with Crippen LogP contribution in [0.5, 0.6) is 0 Å². The Morgan fingerprint density at radius 1 is 1.14 bits per heavy atom. The minimum absolute atomic E-state index is 0.740. The number of anilines is 1. The normalized spacial score (nSPS) is 26.0. The van der Waals surface area contributed by atoms with E-state index in [2.05, 4.69) is 36.0 Å². The van der Waals surface area contributed by atoms with Gasteiger partial charge in [-0.1, -0.05) is 0 Å². The maximum absolute atomic E-state index is 4.43. The van der Waals surface area contributed by atoms with Crippen LogP contribution < -0.4 is 4.90 Å². The van der Waals surface area contributed by atoms with Crippen LogP contribution in [-0.2, 0) is 6.54 Å². The smallest absolute Gasteiger partial charge is 0.147 e. The Morgan fingerprint density at radius 2 is 2.10 bits per heavy atom. The van der Waals surface area contributed by atoms with E-state index < -0.39 is 0 Å². The molecule has 0 bridgehead atoms. The molecule has 2 aromatic rings. The summed E-state index contributed by atoms with van der Waals surface area (Å²) in [5, 5.41) is 7.09. The fraction of sp³-hybridized carbons (Fsp3) is 0.533. The van der Waals surface area contributed by atoms with Crippen molar-refractivity contribution in [2.24, 2.45) is 11.8 Å². The van der Waals surface area contributed by atoms with Crippen molar-refractivity contribution in [3.05, 3.63) is 36.5 Å². The van der Waals surface area contributed by atoms with Crippen molar-refractivity contribution in [1.82, 2.24) is 25.1 Å². The highest BCUT2D eigenvalue weighted by Gasteiger charge is 2.37. The summed E-state index contributed by atoms with van der Waals surface area (Å²) in [6.07, 6.45) is 8.46. The zero-order valence-corrected chi connectivity index (χ0v) is 12.0. The molecule has 4 rings (SSSR count). The summed E-state index contributed by atoms with van der Waals surface area (Å²) in [5.74, 6) is 2.58. The molecular formula is C15H20N6. The molecule has 0 saturated carbocycles. The highest BCUT2D eigenvalue weighted by molar-refractivity contribution is 5.36. The van der Waals surface area contributed by atoms with E-state index in [1.165, 1.54) is 25.2 Å². The van der Waals surface area contributed by atoms with Crippen LogP contribution in [0.1, 0.15) is 12.1 Å². The summed E-state index contributed by atoms with van der Waals surface area (Å²) in [7, 11) is 0. The molecule has 110 valence electrons. The van der Waals surface area contributed by atoms with Crippen molar-refractivity contribution < 1.29 is 0 Å². The van der Waals surface area contributed by atoms with E-state index in [4.69, 9.17) is 0 Å². The van der Waals surface area contributed by atoms with E-state index in [-0.39, 0.29) is 0 Å². The van der Waals surface area contributed by atoms with Gasteiger partial charge in [0, 0.05) is 57.0 Å². The lowest BCUT2D eigenvalue weighted by molar-refractivity contribution is 0.310. The van der Waals surface area contributed by atoms with Gasteiger partial charge >= 0.3 is 0 Å². The van der Waals surface area contributed by atoms with Crippen LogP contribution in [0.15, 0.2) is 30.9 Å². The van der Waals surface area contributed by atoms with E-state index in [0.29, 0.717) is 0 Å². The summed E-state index contributed by atoms with van der Waals surface area (Å²) in [6, 6.07) is 2.06. The van der Waals surface area contributed by atoms with Gasteiger partial charge in [0.15, 0.2) is 0 Å². The zero-order valence-electron chi connectivity index (χ0n) is 12.0. The molecule has 0 amide bonds. The second-order valence-corrected chi connectivity index (χ2v) is 6.09. The van der Waals surface area contributed by atoms with Crippen molar-refractivity contribution in [1.29, 1.82) is 0 Å². The number of piperidine rings is 1. The lowest BCUT2D eigenvalue weighted by atomic mass is 9.89. The highest BCUT2D eigenvalue weighted by Crippen LogP contribution is 2.33. The first-order chi connectivity index (χ1) is 10.4. The molecule has 6 heteroatoms. The molecule has 2 atom stereocenters. The molecule has 2 saturated heterocycles. The van der Waals surface area contributed by atoms with Crippen LogP contribution in [0, 0.1) is 11.8 Å². The molecule has 2 aliphatic rings. The van der Waals surface area contributed by atoms with E-state index in [9.17, 15) is 0 Å². The van der Waals surface area contributed by atoms with Crippen molar-refractivity contribution in [3.8, 4) is 0 Å². The van der Waals surface area contributed by atoms with Gasteiger partial charge < -0.3 is 4.90 Å². The van der Waals surface area contributed by atoms with Crippen LogP contribution >= 0.6 is 0 Å². The lowest BCUT2D eigenvalue weighted by Crippen LogP contribution is -2.40. The average Bonchev–Trinajstić information content (AvgIpc) is 3.16. The molecule has 0 aliphatic carbocycles. The van der Waals surface area contributed by atoms with Gasteiger partial charge in [-0.3, -0.25) is 15.0 Å². The average molecular weight is 284 g/mol. The molecular weight excluding hydrogens is 264 g/mol. The molecule has 0 aromatic carbocycles. The highest BCUT2D eigenvalue weighted by atomic mass is 15.2. The second-order valence-electron chi connectivity index (χ2n) is 6.09. The predicted molar refractivity (Wildman–Crippen MR) is 79.7 cm³/mol. The van der Waals surface area contributed by atoms with Gasteiger partial charge in [-0.25, -0.2) is 4.98 Å². The third-order valence-electron chi connectivity index (χ3n) is 4.70. The summed E-state index contributed by atoms with van der Waals surface area (Å²) in [5.41, 5.74) is 1.21. The van der Waals surface area contributed by atoms with E-state index in [1.54, 1.807) is 12.4 Å². The van der Waals surface area contributed by atoms with E-state index >= 15 is 0 Å². The first kappa shape index (κ1) is 12.8. The molecule has 0 spiro atoms. The second kappa shape index (κ2) is 5.44. The Balaban J connectivity index is 1.40. The SMILES string of the molecule is c1cnc(N2CC[C@@H]3CN(Cc4ccn[nH]4)C[C@@H]3C2)cn1. The predicted octanol–water partition coefficient (Wildman–Crippen LogP) is 1.16. The number of aromatic nitrogens is 4. The number of H-pyrrole nitrogens is 1. The fourth-order valence-electron chi connectivity index (χ4n) is 3.67. The minimum atomic E-state index is 0.740. The Hall–Kier alpha value is -1.95. The van der Waals surface area contributed by atoms with Crippen LogP contribution in [0.3, 0.4) is 0 Å². The molecule has 4 heterocycles. The zero-order chi connectivity index (χ0) is 14.1. The topological polar surface area (TPSA) is 60.9 Å². The van der Waals surface area contributed by atoms with E-state index in [1.807, 2.05) is 12.4 Å². The van der Waals surface area contributed by atoms with Gasteiger partial charge in [0.1, 0.15) is 5.82 Å². The van der Waals surface area contributed by atoms with Gasteiger partial charge in [0.25, 0.3) is 0 Å². The molecule has 21 heavy (non-hydrogen) atoms. The third-order valence-corrected chi connectivity index (χ3v) is 4.70.